The minimum Gasteiger partial charge on any atom is -0.325 e. The van der Waals surface area contributed by atoms with Crippen LogP contribution < -0.4 is 16.0 Å². The highest BCUT2D eigenvalue weighted by molar-refractivity contribution is 8.00. The lowest BCUT2D eigenvalue weighted by molar-refractivity contribution is -0.116. The molecule has 3 N–H and O–H groups in total. The number of rotatable bonds is 3. The van der Waals surface area contributed by atoms with Gasteiger partial charge in [0, 0.05) is 10.6 Å². The molecular weight excluding hydrogens is 250 g/mol. The molecule has 0 spiro atoms. The Balaban J connectivity index is 2.15. The Kier molecular flexibility index (Phi) is 3.88. The van der Waals surface area contributed by atoms with Crippen molar-refractivity contribution in [2.45, 2.75) is 17.1 Å². The first-order valence-electron chi connectivity index (χ1n) is 5.66. The van der Waals surface area contributed by atoms with Gasteiger partial charge in [-0.3, -0.25) is 9.59 Å². The van der Waals surface area contributed by atoms with E-state index in [4.69, 9.17) is 0 Å². The van der Waals surface area contributed by atoms with Crippen molar-refractivity contribution in [3.05, 3.63) is 18.2 Å². The first kappa shape index (κ1) is 12.9. The molecule has 2 amide bonds. The number of amides is 2. The fraction of sp³-hybridized carbons (Fsp3) is 0.333. The summed E-state index contributed by atoms with van der Waals surface area (Å²) in [5, 5.41) is 8.28. The molecule has 1 unspecified atom stereocenters. The van der Waals surface area contributed by atoms with E-state index >= 15 is 0 Å². The third-order valence-electron chi connectivity index (χ3n) is 2.53. The zero-order valence-electron chi connectivity index (χ0n) is 10.2. The maximum absolute atomic E-state index is 11.6. The van der Waals surface area contributed by atoms with E-state index in [1.165, 1.54) is 11.8 Å². The van der Waals surface area contributed by atoms with Gasteiger partial charge in [-0.15, -0.1) is 11.8 Å². The SMILES string of the molecule is CNCC(=O)Nc1ccc2c(c1)NC(=O)C(C)S2. The van der Waals surface area contributed by atoms with Crippen LogP contribution in [0.3, 0.4) is 0 Å². The highest BCUT2D eigenvalue weighted by Gasteiger charge is 2.23. The number of nitrogens with one attached hydrogen (secondary N) is 3. The minimum atomic E-state index is -0.111. The molecule has 0 aromatic heterocycles. The molecule has 1 heterocycles. The van der Waals surface area contributed by atoms with Gasteiger partial charge in [-0.2, -0.15) is 0 Å². The number of thioether (sulfide) groups is 1. The van der Waals surface area contributed by atoms with E-state index in [9.17, 15) is 9.59 Å². The van der Waals surface area contributed by atoms with E-state index in [2.05, 4.69) is 16.0 Å². The Morgan fingerprint density at radius 1 is 1.50 bits per heavy atom. The van der Waals surface area contributed by atoms with Crippen LogP contribution in [0.4, 0.5) is 11.4 Å². The summed E-state index contributed by atoms with van der Waals surface area (Å²) >= 11 is 1.52. The van der Waals surface area contributed by atoms with Gasteiger partial charge < -0.3 is 16.0 Å². The third-order valence-corrected chi connectivity index (χ3v) is 3.71. The quantitative estimate of drug-likeness (QED) is 0.770. The Labute approximate surface area is 110 Å². The molecule has 0 bridgehead atoms. The van der Waals surface area contributed by atoms with Crippen molar-refractivity contribution >= 4 is 35.0 Å². The van der Waals surface area contributed by atoms with Gasteiger partial charge in [0.2, 0.25) is 11.8 Å². The van der Waals surface area contributed by atoms with Crippen LogP contribution in [0.2, 0.25) is 0 Å². The maximum Gasteiger partial charge on any atom is 0.238 e. The second-order valence-corrected chi connectivity index (χ2v) is 5.42. The smallest absolute Gasteiger partial charge is 0.238 e. The van der Waals surface area contributed by atoms with Crippen LogP contribution in [-0.4, -0.2) is 30.7 Å². The Hall–Kier alpha value is -1.53. The fourth-order valence-corrected chi connectivity index (χ4v) is 2.58. The van der Waals surface area contributed by atoms with E-state index < -0.39 is 0 Å². The molecule has 1 aliphatic heterocycles. The average molecular weight is 265 g/mol. The molecule has 1 aromatic carbocycles. The molecular formula is C12H15N3O2S. The van der Waals surface area contributed by atoms with Crippen molar-refractivity contribution in [2.24, 2.45) is 0 Å². The lowest BCUT2D eigenvalue weighted by Crippen LogP contribution is -2.27. The summed E-state index contributed by atoms with van der Waals surface area (Å²) in [6.45, 7) is 2.13. The summed E-state index contributed by atoms with van der Waals surface area (Å²) in [6.07, 6.45) is 0. The minimum absolute atomic E-state index is 0.00815. The van der Waals surface area contributed by atoms with E-state index in [1.54, 1.807) is 13.1 Å². The molecule has 18 heavy (non-hydrogen) atoms. The van der Waals surface area contributed by atoms with Crippen LogP contribution in [-0.2, 0) is 9.59 Å². The van der Waals surface area contributed by atoms with E-state index in [1.807, 2.05) is 19.1 Å². The molecule has 5 nitrogen and oxygen atoms in total. The van der Waals surface area contributed by atoms with Gasteiger partial charge in [0.15, 0.2) is 0 Å². The zero-order valence-corrected chi connectivity index (χ0v) is 11.1. The van der Waals surface area contributed by atoms with Gasteiger partial charge >= 0.3 is 0 Å². The molecule has 6 heteroatoms. The van der Waals surface area contributed by atoms with Crippen LogP contribution in [0.15, 0.2) is 23.1 Å². The van der Waals surface area contributed by atoms with Crippen LogP contribution >= 0.6 is 11.8 Å². The first-order valence-corrected chi connectivity index (χ1v) is 6.54. The van der Waals surface area contributed by atoms with Crippen molar-refractivity contribution in [2.75, 3.05) is 24.2 Å². The molecule has 1 aromatic rings. The van der Waals surface area contributed by atoms with Crippen LogP contribution in [0, 0.1) is 0 Å². The van der Waals surface area contributed by atoms with Crippen molar-refractivity contribution in [3.8, 4) is 0 Å². The number of carbonyl (C=O) groups excluding carboxylic acids is 2. The number of benzene rings is 1. The van der Waals surface area contributed by atoms with Gasteiger partial charge in [-0.25, -0.2) is 0 Å². The van der Waals surface area contributed by atoms with Crippen molar-refractivity contribution in [1.82, 2.24) is 5.32 Å². The molecule has 96 valence electrons. The lowest BCUT2D eigenvalue weighted by atomic mass is 10.2. The average Bonchev–Trinajstić information content (AvgIpc) is 2.31. The highest BCUT2D eigenvalue weighted by Crippen LogP contribution is 2.36. The number of fused-ring (bicyclic) bond motifs is 1. The van der Waals surface area contributed by atoms with Gasteiger partial charge in [0.05, 0.1) is 17.5 Å². The van der Waals surface area contributed by atoms with Gasteiger partial charge in [-0.05, 0) is 32.2 Å². The second kappa shape index (κ2) is 5.41. The number of likely N-dealkylation sites (N-methyl/N-ethyl adjacent to an activating group) is 1. The van der Waals surface area contributed by atoms with Crippen LogP contribution in [0.1, 0.15) is 6.92 Å². The molecule has 0 radical (unpaired) electrons. The first-order chi connectivity index (χ1) is 8.60. The van der Waals surface area contributed by atoms with Gasteiger partial charge in [0.1, 0.15) is 0 Å². The molecule has 0 fully saturated rings. The fourth-order valence-electron chi connectivity index (χ4n) is 1.65. The largest absolute Gasteiger partial charge is 0.325 e. The maximum atomic E-state index is 11.6. The molecule has 1 aliphatic rings. The second-order valence-electron chi connectivity index (χ2n) is 4.04. The molecule has 0 aliphatic carbocycles. The lowest BCUT2D eigenvalue weighted by Gasteiger charge is -2.21. The number of anilines is 2. The van der Waals surface area contributed by atoms with Crippen LogP contribution in [0.25, 0.3) is 0 Å². The van der Waals surface area contributed by atoms with Crippen molar-refractivity contribution < 1.29 is 9.59 Å². The van der Waals surface area contributed by atoms with E-state index in [0.717, 1.165) is 10.6 Å². The normalized spacial score (nSPS) is 17.9. The number of carbonyl (C=O) groups is 2. The number of hydrogen-bond donors (Lipinski definition) is 3. The molecule has 0 saturated heterocycles. The molecule has 1 atom stereocenters. The van der Waals surface area contributed by atoms with Crippen LogP contribution in [0.5, 0.6) is 0 Å². The van der Waals surface area contributed by atoms with Gasteiger partial charge in [-0.1, -0.05) is 0 Å². The Morgan fingerprint density at radius 2 is 2.28 bits per heavy atom. The summed E-state index contributed by atoms with van der Waals surface area (Å²) in [4.78, 5) is 24.0. The van der Waals surface area contributed by atoms with Gasteiger partial charge in [0.25, 0.3) is 0 Å². The van der Waals surface area contributed by atoms with E-state index in [-0.39, 0.29) is 23.6 Å². The topological polar surface area (TPSA) is 70.2 Å². The third kappa shape index (κ3) is 2.83. The monoisotopic (exact) mass is 265 g/mol. The molecule has 2 rings (SSSR count). The van der Waals surface area contributed by atoms with Crippen molar-refractivity contribution in [1.29, 1.82) is 0 Å². The summed E-state index contributed by atoms with van der Waals surface area (Å²) in [5.41, 5.74) is 1.44. The summed E-state index contributed by atoms with van der Waals surface area (Å²) in [6, 6.07) is 5.52. The summed E-state index contributed by atoms with van der Waals surface area (Å²) in [5.74, 6) is -0.119. The summed E-state index contributed by atoms with van der Waals surface area (Å²) < 4.78 is 0. The summed E-state index contributed by atoms with van der Waals surface area (Å²) in [7, 11) is 1.71. The van der Waals surface area contributed by atoms with Crippen molar-refractivity contribution in [3.63, 3.8) is 0 Å². The highest BCUT2D eigenvalue weighted by atomic mass is 32.2. The van der Waals surface area contributed by atoms with E-state index in [0.29, 0.717) is 5.69 Å². The molecule has 0 saturated carbocycles. The number of hydrogen-bond acceptors (Lipinski definition) is 4. The predicted molar refractivity (Wildman–Crippen MR) is 72.9 cm³/mol. The standard InChI is InChI=1S/C12H15N3O2S/c1-7-12(17)15-9-5-8(3-4-10(9)18-7)14-11(16)6-13-2/h3-5,7,13H,6H2,1-2H3,(H,14,16)(H,15,17). The zero-order chi connectivity index (χ0) is 13.1. The predicted octanol–water partition coefficient (Wildman–Crippen LogP) is 1.28. The Morgan fingerprint density at radius 3 is 3.00 bits per heavy atom. The Bertz CT molecular complexity index is 490.